The van der Waals surface area contributed by atoms with Gasteiger partial charge in [0.2, 0.25) is 0 Å². The average molecular weight is 256 g/mol. The van der Waals surface area contributed by atoms with E-state index in [2.05, 4.69) is 20.8 Å². The van der Waals surface area contributed by atoms with E-state index in [4.69, 9.17) is 0 Å². The van der Waals surface area contributed by atoms with Crippen LogP contribution < -0.4 is 0 Å². The van der Waals surface area contributed by atoms with E-state index >= 15 is 0 Å². The molecule has 0 aliphatic carbocycles. The maximum Gasteiger partial charge on any atom is 0.129 e. The Balaban J connectivity index is 2.68. The van der Waals surface area contributed by atoms with E-state index in [0.717, 1.165) is 0 Å². The summed E-state index contributed by atoms with van der Waals surface area (Å²) in [7, 11) is 0. The molecule has 18 heavy (non-hydrogen) atoms. The third-order valence-corrected chi connectivity index (χ3v) is 3.61. The highest BCUT2D eigenvalue weighted by Gasteiger charge is 2.24. The monoisotopic (exact) mass is 256 g/mol. The van der Waals surface area contributed by atoms with Crippen LogP contribution in [0, 0.1) is 23.0 Å². The lowest BCUT2D eigenvalue weighted by Crippen LogP contribution is -2.24. The molecule has 0 aromatic heterocycles. The third-order valence-electron chi connectivity index (χ3n) is 3.61. The molecule has 1 aromatic rings. The first-order valence-electron chi connectivity index (χ1n) is 6.32. The van der Waals surface area contributed by atoms with Gasteiger partial charge < -0.3 is 5.11 Å². The number of rotatable bonds is 4. The van der Waals surface area contributed by atoms with Gasteiger partial charge in [-0.25, -0.2) is 8.78 Å². The Kier molecular flexibility index (Phi) is 4.85. The van der Waals surface area contributed by atoms with Crippen molar-refractivity contribution in [2.75, 3.05) is 0 Å². The minimum Gasteiger partial charge on any atom is -0.393 e. The summed E-state index contributed by atoms with van der Waals surface area (Å²) in [6.45, 7) is 8.32. The summed E-state index contributed by atoms with van der Waals surface area (Å²) in [5.74, 6) is -0.891. The van der Waals surface area contributed by atoms with Gasteiger partial charge in [0.1, 0.15) is 11.6 Å². The van der Waals surface area contributed by atoms with Gasteiger partial charge in [0.25, 0.3) is 0 Å². The summed E-state index contributed by atoms with van der Waals surface area (Å²) in [4.78, 5) is 0. The molecule has 0 spiro atoms. The molecular weight excluding hydrogens is 234 g/mol. The average Bonchev–Trinajstić information content (AvgIpc) is 2.22. The van der Waals surface area contributed by atoms with Gasteiger partial charge in [0.05, 0.1) is 6.10 Å². The van der Waals surface area contributed by atoms with E-state index in [0.29, 0.717) is 6.42 Å². The van der Waals surface area contributed by atoms with Crippen LogP contribution in [0.1, 0.15) is 39.7 Å². The van der Waals surface area contributed by atoms with Crippen molar-refractivity contribution in [2.45, 2.75) is 46.6 Å². The molecule has 0 fully saturated rings. The zero-order valence-electron chi connectivity index (χ0n) is 11.5. The maximum absolute atomic E-state index is 13.4. The van der Waals surface area contributed by atoms with E-state index in [-0.39, 0.29) is 23.3 Å². The van der Waals surface area contributed by atoms with Crippen molar-refractivity contribution in [3.8, 4) is 0 Å². The quantitative estimate of drug-likeness (QED) is 0.865. The first kappa shape index (κ1) is 15.1. The minimum absolute atomic E-state index is 0.0221. The predicted octanol–water partition coefficient (Wildman–Crippen LogP) is 3.94. The topological polar surface area (TPSA) is 20.2 Å². The second-order valence-electron chi connectivity index (χ2n) is 6.06. The molecule has 1 aromatic carbocycles. The summed E-state index contributed by atoms with van der Waals surface area (Å²) in [5.41, 5.74) is 0.0560. The molecular formula is C15H22F2O. The van der Waals surface area contributed by atoms with Crippen LogP contribution in [0.5, 0.6) is 0 Å². The standard InChI is InChI=1S/C15H22F2O/c1-10(15(2,3)4)8-11(18)9-12-13(16)6-5-7-14(12)17/h5-7,10-11,18H,8-9H2,1-4H3. The Labute approximate surface area is 108 Å². The fraction of sp³-hybridized carbons (Fsp3) is 0.600. The SMILES string of the molecule is CC(CC(O)Cc1c(F)cccc1F)C(C)(C)C. The molecule has 0 bridgehead atoms. The number of hydrogen-bond acceptors (Lipinski definition) is 1. The summed E-state index contributed by atoms with van der Waals surface area (Å²) in [6, 6.07) is 3.77. The molecule has 1 nitrogen and oxygen atoms in total. The second-order valence-corrected chi connectivity index (χ2v) is 6.06. The van der Waals surface area contributed by atoms with Crippen molar-refractivity contribution >= 4 is 0 Å². The molecule has 3 heteroatoms. The van der Waals surface area contributed by atoms with Crippen LogP contribution in [0.25, 0.3) is 0 Å². The van der Waals surface area contributed by atoms with Gasteiger partial charge in [0, 0.05) is 12.0 Å². The summed E-state index contributed by atoms with van der Waals surface area (Å²) in [5, 5.41) is 9.95. The normalized spacial score (nSPS) is 15.5. The van der Waals surface area contributed by atoms with Gasteiger partial charge in [-0.1, -0.05) is 33.8 Å². The van der Waals surface area contributed by atoms with Crippen LogP contribution in [0.15, 0.2) is 18.2 Å². The van der Waals surface area contributed by atoms with Crippen LogP contribution in [0.3, 0.4) is 0 Å². The molecule has 0 aliphatic rings. The van der Waals surface area contributed by atoms with E-state index in [1.165, 1.54) is 18.2 Å². The van der Waals surface area contributed by atoms with Crippen molar-refractivity contribution < 1.29 is 13.9 Å². The first-order chi connectivity index (χ1) is 8.21. The fourth-order valence-corrected chi connectivity index (χ4v) is 1.81. The van der Waals surface area contributed by atoms with Crippen LogP contribution in [-0.2, 0) is 6.42 Å². The van der Waals surface area contributed by atoms with Crippen LogP contribution in [0.2, 0.25) is 0 Å². The van der Waals surface area contributed by atoms with Crippen molar-refractivity contribution in [3.63, 3.8) is 0 Å². The highest BCUT2D eigenvalue weighted by molar-refractivity contribution is 5.20. The van der Waals surface area contributed by atoms with Crippen LogP contribution >= 0.6 is 0 Å². The molecule has 0 heterocycles. The number of aliphatic hydroxyl groups is 1. The molecule has 0 radical (unpaired) electrons. The van der Waals surface area contributed by atoms with Crippen molar-refractivity contribution in [1.82, 2.24) is 0 Å². The Morgan fingerprint density at radius 1 is 1.17 bits per heavy atom. The Bertz CT molecular complexity index is 376. The first-order valence-corrected chi connectivity index (χ1v) is 6.32. The highest BCUT2D eigenvalue weighted by atomic mass is 19.1. The van der Waals surface area contributed by atoms with Gasteiger partial charge in [-0.3, -0.25) is 0 Å². The lowest BCUT2D eigenvalue weighted by molar-refractivity contribution is 0.109. The van der Waals surface area contributed by atoms with E-state index < -0.39 is 17.7 Å². The molecule has 0 saturated carbocycles. The highest BCUT2D eigenvalue weighted by Crippen LogP contribution is 2.30. The number of aliphatic hydroxyl groups excluding tert-OH is 1. The Morgan fingerprint density at radius 3 is 2.11 bits per heavy atom. The molecule has 0 saturated heterocycles. The van der Waals surface area contributed by atoms with Crippen molar-refractivity contribution in [3.05, 3.63) is 35.4 Å². The van der Waals surface area contributed by atoms with Gasteiger partial charge in [-0.05, 0) is 29.9 Å². The molecule has 2 unspecified atom stereocenters. The second kappa shape index (κ2) is 5.79. The predicted molar refractivity (Wildman–Crippen MR) is 69.3 cm³/mol. The van der Waals surface area contributed by atoms with Gasteiger partial charge in [0.15, 0.2) is 0 Å². The van der Waals surface area contributed by atoms with Crippen molar-refractivity contribution in [1.29, 1.82) is 0 Å². The summed E-state index contributed by atoms with van der Waals surface area (Å²) in [6.07, 6.45) is -0.151. The molecule has 1 N–H and O–H groups in total. The van der Waals surface area contributed by atoms with Crippen molar-refractivity contribution in [2.24, 2.45) is 11.3 Å². The van der Waals surface area contributed by atoms with Crippen LogP contribution in [0.4, 0.5) is 8.78 Å². The third kappa shape index (κ3) is 4.05. The molecule has 0 aliphatic heterocycles. The lowest BCUT2D eigenvalue weighted by Gasteiger charge is -2.29. The number of benzene rings is 1. The van der Waals surface area contributed by atoms with E-state index in [1.807, 2.05) is 6.92 Å². The van der Waals surface area contributed by atoms with Gasteiger partial charge in [-0.2, -0.15) is 0 Å². The molecule has 1 rings (SSSR count). The number of halogens is 2. The van der Waals surface area contributed by atoms with Crippen LogP contribution in [-0.4, -0.2) is 11.2 Å². The zero-order chi connectivity index (χ0) is 13.9. The molecule has 0 amide bonds. The summed E-state index contributed by atoms with van der Waals surface area (Å²) >= 11 is 0. The molecule has 2 atom stereocenters. The Morgan fingerprint density at radius 2 is 1.67 bits per heavy atom. The fourth-order valence-electron chi connectivity index (χ4n) is 1.81. The largest absolute Gasteiger partial charge is 0.393 e. The van der Waals surface area contributed by atoms with Gasteiger partial charge >= 0.3 is 0 Å². The summed E-state index contributed by atoms with van der Waals surface area (Å²) < 4.78 is 26.9. The minimum atomic E-state index is -0.717. The van der Waals surface area contributed by atoms with Gasteiger partial charge in [-0.15, -0.1) is 0 Å². The van der Waals surface area contributed by atoms with E-state index in [9.17, 15) is 13.9 Å². The zero-order valence-corrected chi connectivity index (χ0v) is 11.5. The lowest BCUT2D eigenvalue weighted by atomic mass is 9.78. The maximum atomic E-state index is 13.4. The Hall–Kier alpha value is -0.960. The smallest absolute Gasteiger partial charge is 0.129 e. The molecule has 102 valence electrons. The number of hydrogen-bond donors (Lipinski definition) is 1. The van der Waals surface area contributed by atoms with E-state index in [1.54, 1.807) is 0 Å².